The number of anilines is 1. The van der Waals surface area contributed by atoms with Gasteiger partial charge in [-0.05, 0) is 44.0 Å². The highest BCUT2D eigenvalue weighted by atomic mass is 35.5. The first-order valence-electron chi connectivity index (χ1n) is 7.70. The van der Waals surface area contributed by atoms with E-state index in [1.165, 1.54) is 13.1 Å². The van der Waals surface area contributed by atoms with Crippen LogP contribution < -0.4 is 16.0 Å². The SMILES string of the molecule is CC(NC1CC1)[C@]1(C(F)(F)F)C=CNC(Nc2cccc(Cl)c2)=N1. The van der Waals surface area contributed by atoms with Crippen molar-refractivity contribution in [2.75, 3.05) is 5.32 Å². The van der Waals surface area contributed by atoms with Crippen molar-refractivity contribution >= 4 is 23.2 Å². The standard InChI is InChI=1S/C16H18ClF3N4/c1-10(22-12-5-6-12)15(16(18,19)20)7-8-21-14(24-15)23-13-4-2-3-11(17)9-13/h2-4,7-10,12,22H,5-6H2,1H3,(H2,21,23,24)/t10?,15-/m0/s1. The first-order valence-corrected chi connectivity index (χ1v) is 8.07. The Morgan fingerprint density at radius 2 is 2.12 bits per heavy atom. The fourth-order valence-electron chi connectivity index (χ4n) is 2.64. The Morgan fingerprint density at radius 3 is 2.75 bits per heavy atom. The summed E-state index contributed by atoms with van der Waals surface area (Å²) in [5.41, 5.74) is -1.76. The van der Waals surface area contributed by atoms with Crippen LogP contribution in [-0.2, 0) is 0 Å². The average molecular weight is 359 g/mol. The van der Waals surface area contributed by atoms with Crippen LogP contribution in [0, 0.1) is 0 Å². The largest absolute Gasteiger partial charge is 0.418 e. The Hall–Kier alpha value is -1.73. The number of hydrogen-bond donors (Lipinski definition) is 3. The van der Waals surface area contributed by atoms with Gasteiger partial charge < -0.3 is 16.0 Å². The zero-order valence-electron chi connectivity index (χ0n) is 13.0. The molecule has 1 heterocycles. The zero-order chi connectivity index (χ0) is 17.4. The Labute approximate surface area is 143 Å². The molecule has 0 saturated heterocycles. The van der Waals surface area contributed by atoms with Crippen LogP contribution in [0.5, 0.6) is 0 Å². The van der Waals surface area contributed by atoms with Crippen molar-refractivity contribution in [2.24, 2.45) is 4.99 Å². The molecule has 130 valence electrons. The summed E-state index contributed by atoms with van der Waals surface area (Å²) in [4.78, 5) is 3.97. The number of halogens is 4. The van der Waals surface area contributed by atoms with Crippen molar-refractivity contribution in [3.8, 4) is 0 Å². The monoisotopic (exact) mass is 358 g/mol. The molecule has 1 aromatic carbocycles. The van der Waals surface area contributed by atoms with E-state index in [2.05, 4.69) is 20.9 Å². The van der Waals surface area contributed by atoms with Gasteiger partial charge in [-0.2, -0.15) is 13.2 Å². The predicted octanol–water partition coefficient (Wildman–Crippen LogP) is 3.67. The maximum absolute atomic E-state index is 13.8. The second-order valence-electron chi connectivity index (χ2n) is 6.06. The van der Waals surface area contributed by atoms with Crippen LogP contribution in [0.2, 0.25) is 5.02 Å². The van der Waals surface area contributed by atoms with Crippen LogP contribution >= 0.6 is 11.6 Å². The van der Waals surface area contributed by atoms with Crippen LogP contribution in [0.1, 0.15) is 19.8 Å². The number of nitrogens with zero attached hydrogens (tertiary/aromatic N) is 1. The molecule has 3 rings (SSSR count). The molecule has 1 aliphatic heterocycles. The van der Waals surface area contributed by atoms with Gasteiger partial charge in [0.25, 0.3) is 0 Å². The van der Waals surface area contributed by atoms with Crippen molar-refractivity contribution in [3.05, 3.63) is 41.6 Å². The summed E-state index contributed by atoms with van der Waals surface area (Å²) in [6.45, 7) is 1.52. The van der Waals surface area contributed by atoms with Crippen molar-refractivity contribution in [1.29, 1.82) is 0 Å². The lowest BCUT2D eigenvalue weighted by Crippen LogP contribution is -2.59. The third-order valence-electron chi connectivity index (χ3n) is 4.12. The number of guanidine groups is 1. The predicted molar refractivity (Wildman–Crippen MR) is 89.2 cm³/mol. The quantitative estimate of drug-likeness (QED) is 0.769. The van der Waals surface area contributed by atoms with Gasteiger partial charge in [0.2, 0.25) is 5.96 Å². The van der Waals surface area contributed by atoms with E-state index in [4.69, 9.17) is 11.6 Å². The van der Waals surface area contributed by atoms with Gasteiger partial charge in [0.1, 0.15) is 0 Å². The van der Waals surface area contributed by atoms with Gasteiger partial charge in [-0.3, -0.25) is 0 Å². The maximum Gasteiger partial charge on any atom is 0.418 e. The van der Waals surface area contributed by atoms with Gasteiger partial charge >= 0.3 is 6.18 Å². The fraction of sp³-hybridized carbons (Fsp3) is 0.438. The van der Waals surface area contributed by atoms with Gasteiger partial charge in [0.05, 0.1) is 0 Å². The molecule has 1 aliphatic carbocycles. The highest BCUT2D eigenvalue weighted by Crippen LogP contribution is 2.40. The van der Waals surface area contributed by atoms with Gasteiger partial charge in [-0.1, -0.05) is 17.7 Å². The third-order valence-corrected chi connectivity index (χ3v) is 4.35. The second-order valence-corrected chi connectivity index (χ2v) is 6.50. The van der Waals surface area contributed by atoms with E-state index in [0.717, 1.165) is 18.9 Å². The van der Waals surface area contributed by atoms with Crippen molar-refractivity contribution in [2.45, 2.75) is 43.6 Å². The van der Waals surface area contributed by atoms with E-state index in [9.17, 15) is 13.2 Å². The minimum atomic E-state index is -4.52. The summed E-state index contributed by atoms with van der Waals surface area (Å²) in [7, 11) is 0. The topological polar surface area (TPSA) is 48.4 Å². The molecule has 0 amide bonds. The first kappa shape index (κ1) is 17.1. The Bertz CT molecular complexity index is 670. The lowest BCUT2D eigenvalue weighted by atomic mass is 9.90. The maximum atomic E-state index is 13.8. The van der Waals surface area contributed by atoms with Crippen molar-refractivity contribution in [3.63, 3.8) is 0 Å². The summed E-state index contributed by atoms with van der Waals surface area (Å²) in [6.07, 6.45) is -0.377. The normalized spacial score (nSPS) is 25.0. The Kier molecular flexibility index (Phi) is 4.48. The molecule has 4 nitrogen and oxygen atoms in total. The smallest absolute Gasteiger partial charge is 0.333 e. The molecule has 0 spiro atoms. The second kappa shape index (κ2) is 6.29. The molecule has 1 fully saturated rings. The molecule has 3 N–H and O–H groups in total. The summed E-state index contributed by atoms with van der Waals surface area (Å²) in [5, 5.41) is 9.07. The van der Waals surface area contributed by atoms with Crippen molar-refractivity contribution in [1.82, 2.24) is 10.6 Å². The molecule has 2 aliphatic rings. The molecule has 1 unspecified atom stereocenters. The number of benzene rings is 1. The number of aliphatic imine (C=N–C) groups is 1. The number of hydrogen-bond acceptors (Lipinski definition) is 4. The molecular weight excluding hydrogens is 341 g/mol. The molecule has 24 heavy (non-hydrogen) atoms. The lowest BCUT2D eigenvalue weighted by Gasteiger charge is -2.37. The van der Waals surface area contributed by atoms with Crippen LogP contribution in [0.25, 0.3) is 0 Å². The van der Waals surface area contributed by atoms with Gasteiger partial charge in [0, 0.05) is 29.0 Å². The van der Waals surface area contributed by atoms with Gasteiger partial charge in [-0.15, -0.1) is 0 Å². The Morgan fingerprint density at radius 1 is 1.38 bits per heavy atom. The zero-order valence-corrected chi connectivity index (χ0v) is 13.7. The van der Waals surface area contributed by atoms with Crippen LogP contribution in [0.4, 0.5) is 18.9 Å². The molecular formula is C16H18ClF3N4. The van der Waals surface area contributed by atoms with Crippen molar-refractivity contribution < 1.29 is 13.2 Å². The van der Waals surface area contributed by atoms with E-state index in [1.807, 2.05) is 0 Å². The minimum absolute atomic E-state index is 0.0292. The minimum Gasteiger partial charge on any atom is -0.333 e. The fourth-order valence-corrected chi connectivity index (χ4v) is 2.83. The van der Waals surface area contributed by atoms with E-state index >= 15 is 0 Å². The average Bonchev–Trinajstić information content (AvgIpc) is 3.30. The molecule has 1 aromatic rings. The summed E-state index contributed by atoms with van der Waals surface area (Å²) in [6, 6.07) is 5.98. The molecule has 0 bridgehead atoms. The molecule has 8 heteroatoms. The number of nitrogens with one attached hydrogen (secondary N) is 3. The van der Waals surface area contributed by atoms with Gasteiger partial charge in [-0.25, -0.2) is 4.99 Å². The van der Waals surface area contributed by atoms with E-state index < -0.39 is 17.8 Å². The molecule has 2 atom stereocenters. The van der Waals surface area contributed by atoms with E-state index in [-0.39, 0.29) is 12.0 Å². The molecule has 0 aromatic heterocycles. The van der Waals surface area contributed by atoms with E-state index in [0.29, 0.717) is 10.7 Å². The number of alkyl halides is 3. The first-order chi connectivity index (χ1) is 11.3. The van der Waals surface area contributed by atoms with E-state index in [1.54, 1.807) is 24.3 Å². The Balaban J connectivity index is 1.88. The summed E-state index contributed by atoms with van der Waals surface area (Å²) >= 11 is 5.90. The number of rotatable bonds is 4. The summed E-state index contributed by atoms with van der Waals surface area (Å²) < 4.78 is 41.5. The van der Waals surface area contributed by atoms with Crippen LogP contribution in [0.3, 0.4) is 0 Å². The highest BCUT2D eigenvalue weighted by molar-refractivity contribution is 6.30. The summed E-state index contributed by atoms with van der Waals surface area (Å²) in [5.74, 6) is 0.0292. The van der Waals surface area contributed by atoms with Crippen LogP contribution in [0.15, 0.2) is 41.5 Å². The third kappa shape index (κ3) is 3.52. The highest BCUT2D eigenvalue weighted by Gasteiger charge is 2.58. The van der Waals surface area contributed by atoms with Crippen LogP contribution in [-0.4, -0.2) is 29.8 Å². The molecule has 1 saturated carbocycles. The molecule has 0 radical (unpaired) electrons. The lowest BCUT2D eigenvalue weighted by molar-refractivity contribution is -0.177. The van der Waals surface area contributed by atoms with Gasteiger partial charge in [0.15, 0.2) is 5.54 Å².